The van der Waals surface area contributed by atoms with E-state index in [2.05, 4.69) is 45.9 Å². The summed E-state index contributed by atoms with van der Waals surface area (Å²) < 4.78 is 11.5. The fraction of sp³-hybridized carbons (Fsp3) is 0.786. The molecule has 0 amide bonds. The van der Waals surface area contributed by atoms with E-state index in [1.165, 1.54) is 0 Å². The van der Waals surface area contributed by atoms with Crippen LogP contribution in [-0.4, -0.2) is 52.9 Å². The highest BCUT2D eigenvalue weighted by Gasteiger charge is 2.33. The molecule has 1 fully saturated rings. The number of hydrogen-bond donors (Lipinski definition) is 1. The van der Waals surface area contributed by atoms with Crippen LogP contribution < -0.4 is 15.0 Å². The summed E-state index contributed by atoms with van der Waals surface area (Å²) in [6.07, 6.45) is 0.142. The van der Waals surface area contributed by atoms with Crippen molar-refractivity contribution in [2.24, 2.45) is 0 Å². The third-order valence-corrected chi connectivity index (χ3v) is 3.02. The molecule has 7 nitrogen and oxygen atoms in total. The lowest BCUT2D eigenvalue weighted by Gasteiger charge is -2.41. The van der Waals surface area contributed by atoms with E-state index in [1.807, 2.05) is 13.8 Å². The quantitative estimate of drug-likeness (QED) is 0.906. The van der Waals surface area contributed by atoms with Crippen LogP contribution in [-0.2, 0) is 4.74 Å². The van der Waals surface area contributed by atoms with Crippen LogP contribution in [0.2, 0.25) is 0 Å². The van der Waals surface area contributed by atoms with E-state index >= 15 is 0 Å². The van der Waals surface area contributed by atoms with Crippen molar-refractivity contribution >= 4 is 11.9 Å². The number of morpholine rings is 1. The van der Waals surface area contributed by atoms with Crippen molar-refractivity contribution in [1.82, 2.24) is 15.0 Å². The average Bonchev–Trinajstić information content (AvgIpc) is 2.35. The molecule has 0 aliphatic carbocycles. The van der Waals surface area contributed by atoms with Crippen molar-refractivity contribution < 1.29 is 9.47 Å². The van der Waals surface area contributed by atoms with E-state index in [9.17, 15) is 0 Å². The second kappa shape index (κ2) is 6.01. The van der Waals surface area contributed by atoms with Crippen LogP contribution >= 0.6 is 0 Å². The Morgan fingerprint density at radius 3 is 2.62 bits per heavy atom. The van der Waals surface area contributed by atoms with Gasteiger partial charge in [0.2, 0.25) is 11.9 Å². The van der Waals surface area contributed by atoms with Gasteiger partial charge in [-0.3, -0.25) is 0 Å². The first-order valence-corrected chi connectivity index (χ1v) is 7.32. The summed E-state index contributed by atoms with van der Waals surface area (Å²) in [7, 11) is 1.78. The minimum absolute atomic E-state index is 0.0185. The van der Waals surface area contributed by atoms with Gasteiger partial charge >= 0.3 is 6.01 Å². The van der Waals surface area contributed by atoms with E-state index in [4.69, 9.17) is 9.47 Å². The maximum Gasteiger partial charge on any atom is 0.323 e. The Bertz CT molecular complexity index is 492. The maximum atomic E-state index is 5.92. The van der Waals surface area contributed by atoms with Gasteiger partial charge in [0.1, 0.15) is 0 Å². The predicted octanol–water partition coefficient (Wildman–Crippen LogP) is 1.70. The second-order valence-corrected chi connectivity index (χ2v) is 6.23. The SMILES string of the molecule is CNc1nc(OC(C)C)nc(N2CC(C)OC(C)(C)C2)n1. The van der Waals surface area contributed by atoms with Crippen LogP contribution in [0, 0.1) is 0 Å². The smallest absolute Gasteiger partial charge is 0.323 e. The van der Waals surface area contributed by atoms with Gasteiger partial charge in [-0.25, -0.2) is 0 Å². The second-order valence-electron chi connectivity index (χ2n) is 6.23. The van der Waals surface area contributed by atoms with Crippen molar-refractivity contribution in [3.8, 4) is 6.01 Å². The molecule has 1 aromatic rings. The van der Waals surface area contributed by atoms with Crippen LogP contribution in [0.15, 0.2) is 0 Å². The molecule has 0 bridgehead atoms. The van der Waals surface area contributed by atoms with Crippen LogP contribution in [0.3, 0.4) is 0 Å². The lowest BCUT2D eigenvalue weighted by molar-refractivity contribution is -0.0754. The molecule has 0 radical (unpaired) electrons. The number of ether oxygens (including phenoxy) is 2. The summed E-state index contributed by atoms with van der Waals surface area (Å²) in [6.45, 7) is 11.6. The van der Waals surface area contributed by atoms with E-state index in [1.54, 1.807) is 7.05 Å². The average molecular weight is 295 g/mol. The van der Waals surface area contributed by atoms with Crippen molar-refractivity contribution in [3.05, 3.63) is 0 Å². The van der Waals surface area contributed by atoms with Gasteiger partial charge in [0, 0.05) is 20.1 Å². The Kier molecular flexibility index (Phi) is 4.51. The first-order valence-electron chi connectivity index (χ1n) is 7.32. The van der Waals surface area contributed by atoms with Gasteiger partial charge in [-0.15, -0.1) is 0 Å². The molecule has 1 unspecified atom stereocenters. The molecule has 0 aromatic carbocycles. The third-order valence-electron chi connectivity index (χ3n) is 3.02. The number of rotatable bonds is 4. The summed E-state index contributed by atoms with van der Waals surface area (Å²) in [6, 6.07) is 0.344. The van der Waals surface area contributed by atoms with Gasteiger partial charge in [-0.2, -0.15) is 15.0 Å². The lowest BCUT2D eigenvalue weighted by Crippen LogP contribution is -2.52. The molecule has 1 aliphatic heterocycles. The summed E-state index contributed by atoms with van der Waals surface area (Å²) in [4.78, 5) is 15.2. The van der Waals surface area contributed by atoms with Crippen molar-refractivity contribution in [1.29, 1.82) is 0 Å². The van der Waals surface area contributed by atoms with Gasteiger partial charge in [-0.05, 0) is 34.6 Å². The Hall–Kier alpha value is -1.63. The van der Waals surface area contributed by atoms with Crippen molar-refractivity contribution in [2.75, 3.05) is 30.4 Å². The molecule has 1 aromatic heterocycles. The number of hydrogen-bond acceptors (Lipinski definition) is 7. The van der Waals surface area contributed by atoms with Crippen LogP contribution in [0.5, 0.6) is 6.01 Å². The molecule has 1 atom stereocenters. The number of aromatic nitrogens is 3. The Balaban J connectivity index is 2.29. The molecule has 0 spiro atoms. The molecular formula is C14H25N5O2. The van der Waals surface area contributed by atoms with Gasteiger partial charge in [0.15, 0.2) is 0 Å². The third kappa shape index (κ3) is 4.17. The molecule has 0 saturated carbocycles. The highest BCUT2D eigenvalue weighted by Crippen LogP contribution is 2.25. The van der Waals surface area contributed by atoms with Crippen molar-refractivity contribution in [2.45, 2.75) is 52.4 Å². The number of nitrogens with zero attached hydrogens (tertiary/aromatic N) is 4. The van der Waals surface area contributed by atoms with Gasteiger partial charge in [-0.1, -0.05) is 0 Å². The Morgan fingerprint density at radius 2 is 2.05 bits per heavy atom. The first kappa shape index (κ1) is 15.8. The molecule has 7 heteroatoms. The topological polar surface area (TPSA) is 72.4 Å². The van der Waals surface area contributed by atoms with E-state index in [0.717, 1.165) is 13.1 Å². The fourth-order valence-electron chi connectivity index (χ4n) is 2.47. The normalized spacial score (nSPS) is 21.5. The van der Waals surface area contributed by atoms with Crippen LogP contribution in [0.1, 0.15) is 34.6 Å². The van der Waals surface area contributed by atoms with E-state index < -0.39 is 0 Å². The minimum atomic E-state index is -0.233. The molecule has 1 N–H and O–H groups in total. The highest BCUT2D eigenvalue weighted by molar-refractivity contribution is 5.39. The van der Waals surface area contributed by atoms with E-state index in [-0.39, 0.29) is 17.8 Å². The van der Waals surface area contributed by atoms with Gasteiger partial charge in [0.25, 0.3) is 0 Å². The summed E-state index contributed by atoms with van der Waals surface area (Å²) in [5, 5.41) is 2.95. The Labute approximate surface area is 126 Å². The zero-order chi connectivity index (χ0) is 15.6. The molecule has 2 heterocycles. The van der Waals surface area contributed by atoms with Gasteiger partial charge < -0.3 is 19.7 Å². The van der Waals surface area contributed by atoms with Crippen LogP contribution in [0.4, 0.5) is 11.9 Å². The largest absolute Gasteiger partial charge is 0.461 e. The molecular weight excluding hydrogens is 270 g/mol. The summed E-state index contributed by atoms with van der Waals surface area (Å²) in [5.41, 5.74) is -0.233. The standard InChI is InChI=1S/C14H25N5O2/c1-9(2)20-13-17-11(15-6)16-12(18-13)19-7-10(3)21-14(4,5)8-19/h9-10H,7-8H2,1-6H3,(H,15,16,17,18). The molecule has 2 rings (SSSR count). The molecule has 1 saturated heterocycles. The van der Waals surface area contributed by atoms with Crippen LogP contribution in [0.25, 0.3) is 0 Å². The van der Waals surface area contributed by atoms with Gasteiger partial charge in [0.05, 0.1) is 17.8 Å². The summed E-state index contributed by atoms with van der Waals surface area (Å²) in [5.74, 6) is 1.13. The monoisotopic (exact) mass is 295 g/mol. The first-order chi connectivity index (χ1) is 9.79. The maximum absolute atomic E-state index is 5.92. The Morgan fingerprint density at radius 1 is 1.33 bits per heavy atom. The summed E-state index contributed by atoms with van der Waals surface area (Å²) >= 11 is 0. The predicted molar refractivity (Wildman–Crippen MR) is 82.0 cm³/mol. The highest BCUT2D eigenvalue weighted by atomic mass is 16.5. The zero-order valence-corrected chi connectivity index (χ0v) is 13.7. The molecule has 118 valence electrons. The lowest BCUT2D eigenvalue weighted by atomic mass is 10.1. The van der Waals surface area contributed by atoms with Crippen molar-refractivity contribution in [3.63, 3.8) is 0 Å². The zero-order valence-electron chi connectivity index (χ0n) is 13.7. The fourth-order valence-corrected chi connectivity index (χ4v) is 2.47. The minimum Gasteiger partial charge on any atom is -0.461 e. The number of anilines is 2. The molecule has 1 aliphatic rings. The molecule has 21 heavy (non-hydrogen) atoms. The van der Waals surface area contributed by atoms with E-state index in [0.29, 0.717) is 17.9 Å². The number of nitrogens with one attached hydrogen (secondary N) is 1.